The van der Waals surface area contributed by atoms with Gasteiger partial charge in [0.15, 0.2) is 0 Å². The highest BCUT2D eigenvalue weighted by Gasteiger charge is 2.18. The van der Waals surface area contributed by atoms with Gasteiger partial charge in [0.25, 0.3) is 0 Å². The van der Waals surface area contributed by atoms with Crippen LogP contribution in [-0.2, 0) is 0 Å². The minimum atomic E-state index is 0.567. The molecule has 1 rings (SSSR count). The predicted molar refractivity (Wildman–Crippen MR) is 76.2 cm³/mol. The first kappa shape index (κ1) is 13.1. The van der Waals surface area contributed by atoms with Gasteiger partial charge in [-0.25, -0.2) is 0 Å². The molecule has 1 aromatic heterocycles. The summed E-state index contributed by atoms with van der Waals surface area (Å²) in [4.78, 5) is 0. The Kier molecular flexibility index (Phi) is 4.68. The van der Waals surface area contributed by atoms with Crippen LogP contribution in [0.25, 0.3) is 0 Å². The van der Waals surface area contributed by atoms with Gasteiger partial charge in [0.2, 0.25) is 0 Å². The van der Waals surface area contributed by atoms with Crippen LogP contribution >= 0.6 is 22.6 Å². The molecule has 0 aliphatic carbocycles. The number of rotatable bonds is 4. The molecular formula is C13H22IN. The van der Waals surface area contributed by atoms with E-state index in [1.807, 2.05) is 0 Å². The maximum atomic E-state index is 2.48. The maximum Gasteiger partial charge on any atom is 0.0277 e. The van der Waals surface area contributed by atoms with Gasteiger partial charge in [0.1, 0.15) is 0 Å². The molecule has 0 radical (unpaired) electrons. The van der Waals surface area contributed by atoms with Crippen LogP contribution < -0.4 is 0 Å². The topological polar surface area (TPSA) is 4.93 Å². The van der Waals surface area contributed by atoms with E-state index >= 15 is 0 Å². The fourth-order valence-electron chi connectivity index (χ4n) is 2.03. The van der Waals surface area contributed by atoms with Crippen molar-refractivity contribution in [2.75, 3.05) is 4.43 Å². The zero-order valence-corrected chi connectivity index (χ0v) is 12.6. The highest BCUT2D eigenvalue weighted by atomic mass is 127. The number of hydrogen-bond acceptors (Lipinski definition) is 0. The van der Waals surface area contributed by atoms with Gasteiger partial charge in [-0.2, -0.15) is 0 Å². The first-order valence-corrected chi connectivity index (χ1v) is 7.28. The first-order chi connectivity index (χ1) is 6.99. The number of nitrogens with zero attached hydrogens (tertiary/aromatic N) is 1. The zero-order valence-electron chi connectivity index (χ0n) is 10.4. The Morgan fingerprint density at radius 3 is 2.20 bits per heavy atom. The van der Waals surface area contributed by atoms with Crippen LogP contribution in [0.1, 0.15) is 63.8 Å². The van der Waals surface area contributed by atoms with E-state index in [0.29, 0.717) is 17.9 Å². The van der Waals surface area contributed by atoms with Crippen LogP contribution in [0, 0.1) is 0 Å². The number of hydrogen-bond donors (Lipinski definition) is 0. The van der Waals surface area contributed by atoms with Gasteiger partial charge in [0.05, 0.1) is 0 Å². The molecule has 1 atom stereocenters. The Bertz CT molecular complexity index is 287. The summed E-state index contributed by atoms with van der Waals surface area (Å²) >= 11 is 2.48. The molecule has 2 heteroatoms. The second kappa shape index (κ2) is 5.37. The maximum absolute atomic E-state index is 2.48. The van der Waals surface area contributed by atoms with Crippen molar-refractivity contribution in [1.29, 1.82) is 0 Å². The standard InChI is InChI=1S/C13H22IN/c1-9(2)12-6-7-15(10(3)4)13(12)11(5)8-14/h6-7,9-11H,8H2,1-5H3. The summed E-state index contributed by atoms with van der Waals surface area (Å²) in [7, 11) is 0. The Hall–Kier alpha value is 0.01000. The summed E-state index contributed by atoms with van der Waals surface area (Å²) in [5.74, 6) is 1.28. The summed E-state index contributed by atoms with van der Waals surface area (Å²) in [5.41, 5.74) is 3.06. The lowest BCUT2D eigenvalue weighted by Crippen LogP contribution is -2.10. The van der Waals surface area contributed by atoms with Crippen molar-refractivity contribution >= 4 is 22.6 Å². The third kappa shape index (κ3) is 2.77. The van der Waals surface area contributed by atoms with Gasteiger partial charge in [-0.1, -0.05) is 43.4 Å². The molecule has 1 unspecified atom stereocenters. The van der Waals surface area contributed by atoms with E-state index in [0.717, 1.165) is 0 Å². The Morgan fingerprint density at radius 1 is 1.20 bits per heavy atom. The molecule has 0 aliphatic heterocycles. The minimum absolute atomic E-state index is 0.567. The summed E-state index contributed by atoms with van der Waals surface area (Å²) in [6, 6.07) is 2.86. The van der Waals surface area contributed by atoms with Gasteiger partial charge >= 0.3 is 0 Å². The molecule has 1 nitrogen and oxygen atoms in total. The van der Waals surface area contributed by atoms with E-state index in [-0.39, 0.29) is 0 Å². The SMILES string of the molecule is CC(C)c1ccn(C(C)C)c1C(C)CI. The van der Waals surface area contributed by atoms with Gasteiger partial charge in [-0.05, 0) is 31.4 Å². The van der Waals surface area contributed by atoms with E-state index in [9.17, 15) is 0 Å². The van der Waals surface area contributed by atoms with Crippen molar-refractivity contribution < 1.29 is 0 Å². The van der Waals surface area contributed by atoms with Crippen LogP contribution in [0.5, 0.6) is 0 Å². The molecule has 86 valence electrons. The highest BCUT2D eigenvalue weighted by molar-refractivity contribution is 14.1. The summed E-state index contributed by atoms with van der Waals surface area (Å²) < 4.78 is 3.62. The Morgan fingerprint density at radius 2 is 1.80 bits per heavy atom. The van der Waals surface area contributed by atoms with Gasteiger partial charge in [-0.15, -0.1) is 0 Å². The molecule has 0 saturated heterocycles. The van der Waals surface area contributed by atoms with Crippen molar-refractivity contribution in [2.45, 2.75) is 52.5 Å². The number of alkyl halides is 1. The molecular weight excluding hydrogens is 297 g/mol. The quantitative estimate of drug-likeness (QED) is 0.558. The average Bonchev–Trinajstić information content (AvgIpc) is 2.60. The minimum Gasteiger partial charge on any atom is -0.348 e. The summed E-state index contributed by atoms with van der Waals surface area (Å²) in [5, 5.41) is 0. The van der Waals surface area contributed by atoms with Crippen molar-refractivity contribution in [3.8, 4) is 0 Å². The molecule has 0 spiro atoms. The van der Waals surface area contributed by atoms with Crippen molar-refractivity contribution in [1.82, 2.24) is 4.57 Å². The molecule has 0 amide bonds. The van der Waals surface area contributed by atoms with E-state index in [4.69, 9.17) is 0 Å². The lowest BCUT2D eigenvalue weighted by Gasteiger charge is -2.20. The largest absolute Gasteiger partial charge is 0.348 e. The fraction of sp³-hybridized carbons (Fsp3) is 0.692. The van der Waals surface area contributed by atoms with E-state index in [2.05, 4.69) is 74.0 Å². The molecule has 0 saturated carbocycles. The summed E-state index contributed by atoms with van der Waals surface area (Å²) in [6.07, 6.45) is 2.25. The van der Waals surface area contributed by atoms with E-state index in [1.165, 1.54) is 15.7 Å². The summed E-state index contributed by atoms with van der Waals surface area (Å²) in [6.45, 7) is 11.4. The molecule has 1 heterocycles. The third-order valence-corrected chi connectivity index (χ3v) is 4.19. The lowest BCUT2D eigenvalue weighted by atomic mass is 9.97. The monoisotopic (exact) mass is 319 g/mol. The van der Waals surface area contributed by atoms with Crippen LogP contribution in [-0.4, -0.2) is 8.99 Å². The van der Waals surface area contributed by atoms with Gasteiger partial charge in [-0.3, -0.25) is 0 Å². The second-order valence-electron chi connectivity index (χ2n) is 4.87. The van der Waals surface area contributed by atoms with Crippen LogP contribution in [0.2, 0.25) is 0 Å². The second-order valence-corrected chi connectivity index (χ2v) is 5.75. The smallest absolute Gasteiger partial charge is 0.0277 e. The molecule has 0 bridgehead atoms. The molecule has 1 aromatic rings. The fourth-order valence-corrected chi connectivity index (χ4v) is 2.44. The third-order valence-electron chi connectivity index (χ3n) is 2.87. The number of aromatic nitrogens is 1. The molecule has 0 aromatic carbocycles. The Balaban J connectivity index is 3.20. The molecule has 0 aliphatic rings. The van der Waals surface area contributed by atoms with E-state index in [1.54, 1.807) is 0 Å². The van der Waals surface area contributed by atoms with Crippen molar-refractivity contribution in [3.05, 3.63) is 23.5 Å². The van der Waals surface area contributed by atoms with Crippen molar-refractivity contribution in [2.24, 2.45) is 0 Å². The molecule has 0 fully saturated rings. The molecule has 15 heavy (non-hydrogen) atoms. The normalized spacial score (nSPS) is 13.9. The molecule has 0 N–H and O–H groups in total. The highest BCUT2D eigenvalue weighted by Crippen LogP contribution is 2.30. The van der Waals surface area contributed by atoms with Crippen molar-refractivity contribution in [3.63, 3.8) is 0 Å². The van der Waals surface area contributed by atoms with E-state index < -0.39 is 0 Å². The predicted octanol–water partition coefficient (Wildman–Crippen LogP) is 4.73. The number of halogens is 1. The Labute approximate surface area is 107 Å². The average molecular weight is 319 g/mol. The van der Waals surface area contributed by atoms with Crippen LogP contribution in [0.3, 0.4) is 0 Å². The first-order valence-electron chi connectivity index (χ1n) is 5.75. The van der Waals surface area contributed by atoms with Crippen LogP contribution in [0.4, 0.5) is 0 Å². The van der Waals surface area contributed by atoms with Gasteiger partial charge < -0.3 is 4.57 Å². The lowest BCUT2D eigenvalue weighted by molar-refractivity contribution is 0.557. The van der Waals surface area contributed by atoms with Gasteiger partial charge in [0, 0.05) is 28.3 Å². The van der Waals surface area contributed by atoms with Crippen LogP contribution in [0.15, 0.2) is 12.3 Å². The zero-order chi connectivity index (χ0) is 11.6.